The topological polar surface area (TPSA) is 119 Å². The maximum atomic E-state index is 10.6. The molecule has 33 heavy (non-hydrogen) atoms. The van der Waals surface area contributed by atoms with Crippen molar-refractivity contribution in [2.45, 2.75) is 43.9 Å². The number of hydrogen-bond acceptors (Lipinski definition) is 6. The van der Waals surface area contributed by atoms with E-state index < -0.39 is 24.3 Å². The van der Waals surface area contributed by atoms with Gasteiger partial charge in [-0.15, -0.1) is 0 Å². The fourth-order valence-corrected chi connectivity index (χ4v) is 3.44. The standard InChI is InChI=1S/C14H22N4O.2C2HF3O2/c1-2-11(1)7-18-5-6-19-14-10-17(9-13(14)18)8-12-3-4-15-16-12;2*3-2(4,5)1(6)7/h3-4,11,13-14H,1-2,5-10H2,(H,15,16);2*(H,6,7)/t13-,14+;;/m1../s1. The van der Waals surface area contributed by atoms with E-state index in [2.05, 4.69) is 26.1 Å². The number of ether oxygens (including phenoxy) is 1. The van der Waals surface area contributed by atoms with Crippen LogP contribution < -0.4 is 0 Å². The van der Waals surface area contributed by atoms with Gasteiger partial charge in [-0.3, -0.25) is 14.9 Å². The van der Waals surface area contributed by atoms with Gasteiger partial charge in [-0.05, 0) is 24.8 Å². The van der Waals surface area contributed by atoms with Crippen LogP contribution in [0.4, 0.5) is 26.3 Å². The van der Waals surface area contributed by atoms with Crippen molar-refractivity contribution < 1.29 is 50.9 Å². The first kappa shape index (κ1) is 26.9. The molecule has 3 heterocycles. The van der Waals surface area contributed by atoms with Crippen LogP contribution in [0.3, 0.4) is 0 Å². The van der Waals surface area contributed by atoms with Gasteiger partial charge in [-0.1, -0.05) is 0 Å². The highest BCUT2D eigenvalue weighted by atomic mass is 19.4. The molecule has 3 N–H and O–H groups in total. The van der Waals surface area contributed by atoms with Crippen LogP contribution in [0.5, 0.6) is 0 Å². The Morgan fingerprint density at radius 2 is 1.67 bits per heavy atom. The lowest BCUT2D eigenvalue weighted by Gasteiger charge is -2.37. The zero-order valence-electron chi connectivity index (χ0n) is 17.3. The molecular formula is C18H24F6N4O5. The maximum Gasteiger partial charge on any atom is 0.490 e. The largest absolute Gasteiger partial charge is 0.490 e. The summed E-state index contributed by atoms with van der Waals surface area (Å²) in [5.74, 6) is -4.54. The second-order valence-corrected chi connectivity index (χ2v) is 7.80. The highest BCUT2D eigenvalue weighted by Crippen LogP contribution is 2.33. The number of carbonyl (C=O) groups is 2. The normalized spacial score (nSPS) is 23.6. The third-order valence-corrected chi connectivity index (χ3v) is 5.12. The number of nitrogens with one attached hydrogen (secondary N) is 1. The minimum atomic E-state index is -5.08. The predicted octanol–water partition coefficient (Wildman–Crippen LogP) is 1.97. The summed E-state index contributed by atoms with van der Waals surface area (Å²) in [4.78, 5) is 23.0. The monoisotopic (exact) mass is 490 g/mol. The van der Waals surface area contributed by atoms with E-state index in [0.717, 1.165) is 38.7 Å². The van der Waals surface area contributed by atoms with Crippen molar-refractivity contribution in [2.75, 3.05) is 32.8 Å². The van der Waals surface area contributed by atoms with Gasteiger partial charge in [0.1, 0.15) is 0 Å². The first-order valence-electron chi connectivity index (χ1n) is 9.94. The number of carboxylic acids is 2. The molecule has 0 aromatic carbocycles. The van der Waals surface area contributed by atoms with Crippen molar-refractivity contribution in [2.24, 2.45) is 5.92 Å². The fraction of sp³-hybridized carbons (Fsp3) is 0.722. The number of aromatic amines is 1. The van der Waals surface area contributed by atoms with Gasteiger partial charge in [0.05, 0.1) is 12.7 Å². The summed E-state index contributed by atoms with van der Waals surface area (Å²) in [6.45, 7) is 6.48. The second kappa shape index (κ2) is 11.2. The number of alkyl halides is 6. The quantitative estimate of drug-likeness (QED) is 0.549. The van der Waals surface area contributed by atoms with E-state index in [1.165, 1.54) is 25.1 Å². The highest BCUT2D eigenvalue weighted by molar-refractivity contribution is 5.73. The molecule has 2 saturated heterocycles. The van der Waals surface area contributed by atoms with E-state index in [9.17, 15) is 26.3 Å². The Kier molecular flexibility index (Phi) is 9.08. The number of H-pyrrole nitrogens is 1. The summed E-state index contributed by atoms with van der Waals surface area (Å²) in [5.41, 5.74) is 1.20. The third kappa shape index (κ3) is 9.17. The van der Waals surface area contributed by atoms with E-state index in [-0.39, 0.29) is 0 Å². The number of aromatic nitrogens is 2. The molecule has 0 radical (unpaired) electrons. The molecule has 3 aliphatic rings. The molecule has 0 spiro atoms. The summed E-state index contributed by atoms with van der Waals surface area (Å²) in [6, 6.07) is 2.67. The molecular weight excluding hydrogens is 466 g/mol. The molecule has 1 saturated carbocycles. The third-order valence-electron chi connectivity index (χ3n) is 5.12. The SMILES string of the molecule is O=C(O)C(F)(F)F.O=C(O)C(F)(F)F.c1cc(CN2C[C@@H]3OCCN(CC4CC4)[C@@H]3C2)[nH]n1. The van der Waals surface area contributed by atoms with Crippen LogP contribution in [0.1, 0.15) is 18.5 Å². The Balaban J connectivity index is 0.000000230. The fourth-order valence-electron chi connectivity index (χ4n) is 3.44. The van der Waals surface area contributed by atoms with Crippen molar-refractivity contribution in [3.63, 3.8) is 0 Å². The Hall–Kier alpha value is -2.39. The average Bonchev–Trinajstić information content (AvgIpc) is 3.19. The zero-order chi connectivity index (χ0) is 24.8. The summed E-state index contributed by atoms with van der Waals surface area (Å²) >= 11 is 0. The van der Waals surface area contributed by atoms with Gasteiger partial charge in [0, 0.05) is 50.7 Å². The molecule has 15 heteroatoms. The van der Waals surface area contributed by atoms with Crippen molar-refractivity contribution in [1.29, 1.82) is 0 Å². The zero-order valence-corrected chi connectivity index (χ0v) is 17.3. The first-order chi connectivity index (χ1) is 15.3. The van der Waals surface area contributed by atoms with Gasteiger partial charge < -0.3 is 14.9 Å². The van der Waals surface area contributed by atoms with E-state index in [0.29, 0.717) is 12.1 Å². The van der Waals surface area contributed by atoms with Crippen molar-refractivity contribution >= 4 is 11.9 Å². The van der Waals surface area contributed by atoms with Gasteiger partial charge in [0.2, 0.25) is 0 Å². The van der Waals surface area contributed by atoms with E-state index >= 15 is 0 Å². The molecule has 2 atom stereocenters. The van der Waals surface area contributed by atoms with E-state index in [1.807, 2.05) is 6.20 Å². The van der Waals surface area contributed by atoms with Gasteiger partial charge >= 0.3 is 24.3 Å². The number of morpholine rings is 1. The summed E-state index contributed by atoms with van der Waals surface area (Å²) in [6.07, 6.45) is -5.05. The molecule has 0 unspecified atom stereocenters. The smallest absolute Gasteiger partial charge is 0.475 e. The number of aliphatic carboxylic acids is 2. The summed E-state index contributed by atoms with van der Waals surface area (Å²) < 4.78 is 69.4. The molecule has 188 valence electrons. The highest BCUT2D eigenvalue weighted by Gasteiger charge is 2.41. The number of hydrogen-bond donors (Lipinski definition) is 3. The number of halogens is 6. The molecule has 1 aliphatic carbocycles. The number of likely N-dealkylation sites (tertiary alicyclic amines) is 1. The Labute approximate surface area is 184 Å². The number of carboxylic acid groups (broad SMARTS) is 2. The van der Waals surface area contributed by atoms with Crippen LogP contribution in [-0.2, 0) is 20.9 Å². The summed E-state index contributed by atoms with van der Waals surface area (Å²) in [5, 5.41) is 21.3. The lowest BCUT2D eigenvalue weighted by atomic mass is 10.1. The minimum Gasteiger partial charge on any atom is -0.475 e. The molecule has 1 aromatic heterocycles. The van der Waals surface area contributed by atoms with Crippen molar-refractivity contribution in [3.05, 3.63) is 18.0 Å². The van der Waals surface area contributed by atoms with Crippen LogP contribution in [0, 0.1) is 5.92 Å². The number of nitrogens with zero attached hydrogens (tertiary/aromatic N) is 3. The molecule has 4 rings (SSSR count). The maximum absolute atomic E-state index is 10.6. The van der Waals surface area contributed by atoms with Crippen LogP contribution in [0.2, 0.25) is 0 Å². The molecule has 3 fully saturated rings. The van der Waals surface area contributed by atoms with Gasteiger partial charge in [-0.2, -0.15) is 31.4 Å². The Morgan fingerprint density at radius 3 is 2.12 bits per heavy atom. The van der Waals surface area contributed by atoms with E-state index in [4.69, 9.17) is 24.5 Å². The van der Waals surface area contributed by atoms with Crippen LogP contribution >= 0.6 is 0 Å². The molecule has 0 amide bonds. The minimum absolute atomic E-state index is 0.412. The lowest BCUT2D eigenvalue weighted by Crippen LogP contribution is -2.51. The van der Waals surface area contributed by atoms with Crippen LogP contribution in [0.25, 0.3) is 0 Å². The van der Waals surface area contributed by atoms with Gasteiger partial charge in [-0.25, -0.2) is 9.59 Å². The molecule has 1 aromatic rings. The first-order valence-corrected chi connectivity index (χ1v) is 9.94. The van der Waals surface area contributed by atoms with Gasteiger partial charge in [0.15, 0.2) is 0 Å². The Bertz CT molecular complexity index is 745. The number of fused-ring (bicyclic) bond motifs is 1. The lowest BCUT2D eigenvalue weighted by molar-refractivity contribution is -0.193. The molecule has 9 nitrogen and oxygen atoms in total. The molecule has 0 bridgehead atoms. The Morgan fingerprint density at radius 1 is 1.09 bits per heavy atom. The van der Waals surface area contributed by atoms with E-state index in [1.54, 1.807) is 0 Å². The van der Waals surface area contributed by atoms with Crippen LogP contribution in [0.15, 0.2) is 12.3 Å². The molecule has 2 aliphatic heterocycles. The van der Waals surface area contributed by atoms with Crippen LogP contribution in [-0.4, -0.2) is 99.4 Å². The number of rotatable bonds is 4. The second-order valence-electron chi connectivity index (χ2n) is 7.80. The van der Waals surface area contributed by atoms with Crippen molar-refractivity contribution in [1.82, 2.24) is 20.0 Å². The van der Waals surface area contributed by atoms with Crippen molar-refractivity contribution in [3.8, 4) is 0 Å². The average molecular weight is 490 g/mol. The van der Waals surface area contributed by atoms with Gasteiger partial charge in [0.25, 0.3) is 0 Å². The summed E-state index contributed by atoms with van der Waals surface area (Å²) in [7, 11) is 0. The predicted molar refractivity (Wildman–Crippen MR) is 99.1 cm³/mol.